The van der Waals surface area contributed by atoms with E-state index in [9.17, 15) is 0 Å². The summed E-state index contributed by atoms with van der Waals surface area (Å²) in [6.45, 7) is 9.04. The molecule has 0 aromatic heterocycles. The summed E-state index contributed by atoms with van der Waals surface area (Å²) in [5.41, 5.74) is 20.6. The van der Waals surface area contributed by atoms with E-state index >= 15 is 0 Å². The lowest BCUT2D eigenvalue weighted by Crippen LogP contribution is -2.03. The van der Waals surface area contributed by atoms with E-state index in [0.29, 0.717) is 23.2 Å². The highest BCUT2D eigenvalue weighted by Gasteiger charge is 2.20. The Balaban J connectivity index is 1.50. The molecule has 0 amide bonds. The fourth-order valence-electron chi connectivity index (χ4n) is 5.03. The molecule has 0 heterocycles. The molecule has 4 heteroatoms. The molecule has 0 unspecified atom stereocenters. The van der Waals surface area contributed by atoms with Crippen LogP contribution in [0.3, 0.4) is 0 Å². The summed E-state index contributed by atoms with van der Waals surface area (Å²) < 4.78 is 12.1. The standard InChI is InChI=1S/C36H36N2O2/c1-23(2)33-21-22-34(25-5-13-29(14-6-25)39-31-17-9-27(37)10-18-31)35(24(3)4)36(33)26-7-15-30(16-8-26)40-32-19-11-28(38)12-20-32/h5-24H,37-38H2,1-4H3. The Morgan fingerprint density at radius 1 is 0.450 bits per heavy atom. The molecule has 0 radical (unpaired) electrons. The van der Waals surface area contributed by atoms with Crippen LogP contribution in [-0.4, -0.2) is 0 Å². The zero-order chi connectivity index (χ0) is 28.2. The van der Waals surface area contributed by atoms with Crippen LogP contribution in [0.15, 0.2) is 109 Å². The summed E-state index contributed by atoms with van der Waals surface area (Å²) in [6, 6.07) is 36.1. The smallest absolute Gasteiger partial charge is 0.127 e. The van der Waals surface area contributed by atoms with Gasteiger partial charge in [-0.15, -0.1) is 0 Å². The van der Waals surface area contributed by atoms with Crippen molar-refractivity contribution < 1.29 is 9.47 Å². The van der Waals surface area contributed by atoms with Gasteiger partial charge in [0.1, 0.15) is 23.0 Å². The molecule has 0 atom stereocenters. The van der Waals surface area contributed by atoms with Crippen LogP contribution in [0.5, 0.6) is 23.0 Å². The Labute approximate surface area is 237 Å². The van der Waals surface area contributed by atoms with Crippen LogP contribution >= 0.6 is 0 Å². The van der Waals surface area contributed by atoms with E-state index < -0.39 is 0 Å². The Morgan fingerprint density at radius 2 is 0.850 bits per heavy atom. The highest BCUT2D eigenvalue weighted by Crippen LogP contribution is 2.43. The number of anilines is 2. The van der Waals surface area contributed by atoms with Crippen molar-refractivity contribution in [2.45, 2.75) is 39.5 Å². The number of nitrogens with two attached hydrogens (primary N) is 2. The number of hydrogen-bond donors (Lipinski definition) is 2. The molecule has 40 heavy (non-hydrogen) atoms. The number of hydrogen-bond acceptors (Lipinski definition) is 4. The molecule has 202 valence electrons. The summed E-state index contributed by atoms with van der Waals surface area (Å²) in [5, 5.41) is 0. The molecule has 0 aliphatic carbocycles. The summed E-state index contributed by atoms with van der Waals surface area (Å²) in [6.07, 6.45) is 0. The molecule has 0 saturated heterocycles. The highest BCUT2D eigenvalue weighted by molar-refractivity contribution is 5.82. The molecule has 4 N–H and O–H groups in total. The first-order chi connectivity index (χ1) is 19.3. The SMILES string of the molecule is CC(C)c1ccc(-c2ccc(Oc3ccc(N)cc3)cc2)c(C(C)C)c1-c1ccc(Oc2ccc(N)cc2)cc1. The molecule has 5 aromatic rings. The molecule has 0 fully saturated rings. The van der Waals surface area contributed by atoms with Crippen LogP contribution in [0.4, 0.5) is 11.4 Å². The molecule has 0 bridgehead atoms. The fourth-order valence-corrected chi connectivity index (χ4v) is 5.03. The van der Waals surface area contributed by atoms with Crippen molar-refractivity contribution in [2.75, 3.05) is 11.5 Å². The van der Waals surface area contributed by atoms with Gasteiger partial charge in [0.15, 0.2) is 0 Å². The predicted octanol–water partition coefficient (Wildman–Crippen LogP) is 10.0. The largest absolute Gasteiger partial charge is 0.457 e. The lowest BCUT2D eigenvalue weighted by atomic mass is 9.80. The molecule has 5 rings (SSSR count). The van der Waals surface area contributed by atoms with Gasteiger partial charge < -0.3 is 20.9 Å². The van der Waals surface area contributed by atoms with E-state index in [1.807, 2.05) is 72.8 Å². The minimum atomic E-state index is 0.320. The van der Waals surface area contributed by atoms with Gasteiger partial charge >= 0.3 is 0 Å². The number of nitrogen functional groups attached to an aromatic ring is 2. The first-order valence-corrected chi connectivity index (χ1v) is 13.7. The number of benzene rings is 5. The van der Waals surface area contributed by atoms with E-state index in [4.69, 9.17) is 20.9 Å². The van der Waals surface area contributed by atoms with Crippen molar-refractivity contribution >= 4 is 11.4 Å². The second-order valence-electron chi connectivity index (χ2n) is 10.7. The van der Waals surface area contributed by atoms with E-state index in [1.165, 1.54) is 27.8 Å². The molecule has 0 spiro atoms. The summed E-state index contributed by atoms with van der Waals surface area (Å²) in [5.74, 6) is 3.80. The summed E-state index contributed by atoms with van der Waals surface area (Å²) in [4.78, 5) is 0. The lowest BCUT2D eigenvalue weighted by molar-refractivity contribution is 0.482. The molecular weight excluding hydrogens is 492 g/mol. The highest BCUT2D eigenvalue weighted by atomic mass is 16.5. The van der Waals surface area contributed by atoms with Gasteiger partial charge in [-0.3, -0.25) is 0 Å². The monoisotopic (exact) mass is 528 g/mol. The van der Waals surface area contributed by atoms with Crippen LogP contribution in [0.25, 0.3) is 22.3 Å². The second-order valence-corrected chi connectivity index (χ2v) is 10.7. The third-order valence-corrected chi connectivity index (χ3v) is 7.02. The van der Waals surface area contributed by atoms with Crippen molar-refractivity contribution in [1.29, 1.82) is 0 Å². The summed E-state index contributed by atoms with van der Waals surface area (Å²) in [7, 11) is 0. The van der Waals surface area contributed by atoms with Crippen LogP contribution < -0.4 is 20.9 Å². The molecular formula is C36H36N2O2. The zero-order valence-electron chi connectivity index (χ0n) is 23.5. The third-order valence-electron chi connectivity index (χ3n) is 7.02. The van der Waals surface area contributed by atoms with Gasteiger partial charge in [-0.1, -0.05) is 64.1 Å². The normalized spacial score (nSPS) is 11.2. The van der Waals surface area contributed by atoms with Crippen LogP contribution in [0, 0.1) is 0 Å². The molecule has 4 nitrogen and oxygen atoms in total. The van der Waals surface area contributed by atoms with Crippen molar-refractivity contribution in [3.8, 4) is 45.3 Å². The van der Waals surface area contributed by atoms with Gasteiger partial charge in [-0.2, -0.15) is 0 Å². The van der Waals surface area contributed by atoms with Crippen molar-refractivity contribution in [1.82, 2.24) is 0 Å². The molecule has 0 aliphatic rings. The first-order valence-electron chi connectivity index (χ1n) is 13.7. The Bertz CT molecular complexity index is 1570. The maximum Gasteiger partial charge on any atom is 0.127 e. The van der Waals surface area contributed by atoms with Gasteiger partial charge in [0.05, 0.1) is 0 Å². The maximum atomic E-state index is 6.06. The van der Waals surface area contributed by atoms with Crippen LogP contribution in [-0.2, 0) is 0 Å². The first kappa shape index (κ1) is 26.9. The average molecular weight is 529 g/mol. The Morgan fingerprint density at radius 3 is 1.25 bits per heavy atom. The van der Waals surface area contributed by atoms with Gasteiger partial charge in [-0.25, -0.2) is 0 Å². The van der Waals surface area contributed by atoms with Gasteiger partial charge in [0.25, 0.3) is 0 Å². The Hall–Kier alpha value is -4.70. The topological polar surface area (TPSA) is 70.5 Å². The number of ether oxygens (including phenoxy) is 2. The minimum Gasteiger partial charge on any atom is -0.457 e. The van der Waals surface area contributed by atoms with Gasteiger partial charge in [-0.05, 0) is 118 Å². The minimum absolute atomic E-state index is 0.320. The number of rotatable bonds is 8. The van der Waals surface area contributed by atoms with Gasteiger partial charge in [0, 0.05) is 11.4 Å². The Kier molecular flexibility index (Phi) is 7.79. The molecule has 5 aromatic carbocycles. The third kappa shape index (κ3) is 5.97. The molecule has 0 aliphatic heterocycles. The van der Waals surface area contributed by atoms with Crippen molar-refractivity contribution in [3.05, 3.63) is 120 Å². The summed E-state index contributed by atoms with van der Waals surface area (Å²) >= 11 is 0. The second kappa shape index (κ2) is 11.6. The van der Waals surface area contributed by atoms with Crippen molar-refractivity contribution in [2.24, 2.45) is 0 Å². The van der Waals surface area contributed by atoms with Gasteiger partial charge in [0.2, 0.25) is 0 Å². The lowest BCUT2D eigenvalue weighted by Gasteiger charge is -2.24. The predicted molar refractivity (Wildman–Crippen MR) is 167 cm³/mol. The maximum absolute atomic E-state index is 6.06. The quantitative estimate of drug-likeness (QED) is 0.197. The van der Waals surface area contributed by atoms with Crippen LogP contribution in [0.2, 0.25) is 0 Å². The van der Waals surface area contributed by atoms with Crippen molar-refractivity contribution in [3.63, 3.8) is 0 Å². The fraction of sp³-hybridized carbons (Fsp3) is 0.167. The van der Waals surface area contributed by atoms with E-state index in [1.54, 1.807) is 0 Å². The molecule has 0 saturated carbocycles. The van der Waals surface area contributed by atoms with E-state index in [2.05, 4.69) is 64.1 Å². The average Bonchev–Trinajstić information content (AvgIpc) is 2.95. The van der Waals surface area contributed by atoms with Crippen LogP contribution in [0.1, 0.15) is 50.7 Å². The van der Waals surface area contributed by atoms with E-state index in [0.717, 1.165) is 28.6 Å². The zero-order valence-corrected chi connectivity index (χ0v) is 23.5. The van der Waals surface area contributed by atoms with E-state index in [-0.39, 0.29) is 0 Å².